The average molecular weight is 335 g/mol. The molecule has 0 aromatic carbocycles. The molecule has 1 aliphatic heterocycles. The topological polar surface area (TPSA) is 74.5 Å². The summed E-state index contributed by atoms with van der Waals surface area (Å²) in [6, 6.07) is 0. The van der Waals surface area contributed by atoms with Crippen LogP contribution >= 0.6 is 0 Å². The van der Waals surface area contributed by atoms with Gasteiger partial charge in [0.05, 0.1) is 13.1 Å². The van der Waals surface area contributed by atoms with Crippen molar-refractivity contribution in [1.29, 1.82) is 0 Å². The van der Waals surface area contributed by atoms with E-state index in [1.807, 2.05) is 20.8 Å². The lowest BCUT2D eigenvalue weighted by Gasteiger charge is -2.24. The molecule has 2 fully saturated rings. The molecule has 7 nitrogen and oxygen atoms in total. The Morgan fingerprint density at radius 1 is 1.21 bits per heavy atom. The van der Waals surface area contributed by atoms with E-state index in [1.54, 1.807) is 0 Å². The second kappa shape index (κ2) is 7.19. The largest absolute Gasteiger partial charge is 0.350 e. The minimum atomic E-state index is -0.174. The predicted octanol–water partition coefficient (Wildman–Crippen LogP) is 1.37. The highest BCUT2D eigenvalue weighted by Crippen LogP contribution is 2.38. The van der Waals surface area contributed by atoms with Crippen molar-refractivity contribution in [2.45, 2.75) is 58.0 Å². The van der Waals surface area contributed by atoms with Crippen LogP contribution in [0.1, 0.15) is 57.7 Å². The molecule has 1 saturated carbocycles. The first-order chi connectivity index (χ1) is 11.4. The Morgan fingerprint density at radius 2 is 1.92 bits per heavy atom. The third-order valence-corrected chi connectivity index (χ3v) is 4.35. The lowest BCUT2D eigenvalue weighted by atomic mass is 10.1. The van der Waals surface area contributed by atoms with Crippen LogP contribution in [0, 0.1) is 0 Å². The van der Waals surface area contributed by atoms with Crippen molar-refractivity contribution in [2.24, 2.45) is 0 Å². The molecular weight excluding hydrogens is 306 g/mol. The molecule has 3 rings (SSSR count). The molecule has 0 atom stereocenters. The number of rotatable bonds is 5. The van der Waals surface area contributed by atoms with Gasteiger partial charge in [0.15, 0.2) is 5.82 Å². The normalized spacial score (nSPS) is 20.8. The van der Waals surface area contributed by atoms with Crippen LogP contribution in [0.5, 0.6) is 0 Å². The number of carbonyl (C=O) groups is 1. The first-order valence-corrected chi connectivity index (χ1v) is 8.97. The molecular formula is C17H29N5O2. The van der Waals surface area contributed by atoms with Gasteiger partial charge in [-0.05, 0) is 53.1 Å². The standard InChI is InChI=1S/C17H29N5O2/c1-17(2,3)19-14(23)11-21-7-4-8-22(10-9-21)12-15-18-16(20-24-15)13-5-6-13/h13H,4-12H2,1-3H3,(H,19,23). The van der Waals surface area contributed by atoms with Crippen molar-refractivity contribution >= 4 is 5.91 Å². The number of hydrogen-bond acceptors (Lipinski definition) is 6. The summed E-state index contributed by atoms with van der Waals surface area (Å²) in [5.41, 5.74) is -0.174. The van der Waals surface area contributed by atoms with Gasteiger partial charge in [-0.25, -0.2) is 0 Å². The average Bonchev–Trinajstić information content (AvgIpc) is 3.24. The van der Waals surface area contributed by atoms with E-state index in [-0.39, 0.29) is 11.4 Å². The highest BCUT2D eigenvalue weighted by molar-refractivity contribution is 5.78. The quantitative estimate of drug-likeness (QED) is 0.876. The Morgan fingerprint density at radius 3 is 2.62 bits per heavy atom. The molecule has 0 bridgehead atoms. The molecule has 1 amide bonds. The Kier molecular flexibility index (Phi) is 5.20. The summed E-state index contributed by atoms with van der Waals surface area (Å²) in [5, 5.41) is 7.11. The van der Waals surface area contributed by atoms with Crippen molar-refractivity contribution in [2.75, 3.05) is 32.7 Å². The van der Waals surface area contributed by atoms with Gasteiger partial charge < -0.3 is 9.84 Å². The van der Waals surface area contributed by atoms with Gasteiger partial charge in [-0.2, -0.15) is 4.98 Å². The van der Waals surface area contributed by atoms with Crippen LogP contribution in [0.25, 0.3) is 0 Å². The molecule has 0 spiro atoms. The maximum Gasteiger partial charge on any atom is 0.240 e. The molecule has 0 unspecified atom stereocenters. The van der Waals surface area contributed by atoms with Crippen LogP contribution in [0.3, 0.4) is 0 Å². The minimum absolute atomic E-state index is 0.0990. The van der Waals surface area contributed by atoms with Gasteiger partial charge in [0.2, 0.25) is 11.8 Å². The summed E-state index contributed by atoms with van der Waals surface area (Å²) in [4.78, 5) is 21.2. The Hall–Kier alpha value is -1.47. The van der Waals surface area contributed by atoms with Gasteiger partial charge in [0.1, 0.15) is 0 Å². The summed E-state index contributed by atoms with van der Waals surface area (Å²) < 4.78 is 5.38. The Labute approximate surface area is 143 Å². The molecule has 1 N–H and O–H groups in total. The Balaban J connectivity index is 1.45. The van der Waals surface area contributed by atoms with Crippen molar-refractivity contribution < 1.29 is 9.32 Å². The molecule has 0 radical (unpaired) electrons. The number of nitrogens with one attached hydrogen (secondary N) is 1. The van der Waals surface area contributed by atoms with E-state index in [0.29, 0.717) is 19.0 Å². The van der Waals surface area contributed by atoms with E-state index in [4.69, 9.17) is 4.52 Å². The van der Waals surface area contributed by atoms with Gasteiger partial charge in [-0.1, -0.05) is 5.16 Å². The zero-order chi connectivity index (χ0) is 17.2. The third-order valence-electron chi connectivity index (χ3n) is 4.35. The molecule has 1 aromatic heterocycles. The van der Waals surface area contributed by atoms with Crippen molar-refractivity contribution in [3.05, 3.63) is 11.7 Å². The first kappa shape index (κ1) is 17.4. The van der Waals surface area contributed by atoms with Crippen LogP contribution in [0.15, 0.2) is 4.52 Å². The number of hydrogen-bond donors (Lipinski definition) is 1. The predicted molar refractivity (Wildman–Crippen MR) is 90.5 cm³/mol. The van der Waals surface area contributed by atoms with Crippen LogP contribution in [0.2, 0.25) is 0 Å². The van der Waals surface area contributed by atoms with Gasteiger partial charge in [0.25, 0.3) is 0 Å². The molecule has 2 aliphatic rings. The maximum absolute atomic E-state index is 12.1. The first-order valence-electron chi connectivity index (χ1n) is 8.97. The molecule has 1 aromatic rings. The molecule has 1 aliphatic carbocycles. The molecule has 2 heterocycles. The van der Waals surface area contributed by atoms with Crippen molar-refractivity contribution in [3.8, 4) is 0 Å². The zero-order valence-electron chi connectivity index (χ0n) is 15.0. The van der Waals surface area contributed by atoms with Gasteiger partial charge in [-0.15, -0.1) is 0 Å². The summed E-state index contributed by atoms with van der Waals surface area (Å²) in [5.74, 6) is 2.22. The van der Waals surface area contributed by atoms with Gasteiger partial charge in [-0.3, -0.25) is 14.6 Å². The van der Waals surface area contributed by atoms with Gasteiger partial charge in [0, 0.05) is 24.5 Å². The fraction of sp³-hybridized carbons (Fsp3) is 0.824. The summed E-state index contributed by atoms with van der Waals surface area (Å²) in [6.45, 7) is 11.0. The van der Waals surface area contributed by atoms with E-state index in [0.717, 1.165) is 44.3 Å². The van der Waals surface area contributed by atoms with E-state index in [1.165, 1.54) is 12.8 Å². The zero-order valence-corrected chi connectivity index (χ0v) is 15.0. The van der Waals surface area contributed by atoms with Crippen molar-refractivity contribution in [1.82, 2.24) is 25.3 Å². The molecule has 134 valence electrons. The van der Waals surface area contributed by atoms with E-state index >= 15 is 0 Å². The fourth-order valence-electron chi connectivity index (χ4n) is 3.03. The van der Waals surface area contributed by atoms with Crippen LogP contribution in [0.4, 0.5) is 0 Å². The number of carbonyl (C=O) groups excluding carboxylic acids is 1. The lowest BCUT2D eigenvalue weighted by Crippen LogP contribution is -2.46. The SMILES string of the molecule is CC(C)(C)NC(=O)CN1CCCN(Cc2nc(C3CC3)no2)CC1. The van der Waals surface area contributed by atoms with E-state index < -0.39 is 0 Å². The fourth-order valence-corrected chi connectivity index (χ4v) is 3.03. The summed E-state index contributed by atoms with van der Waals surface area (Å²) in [7, 11) is 0. The second-order valence-corrected chi connectivity index (χ2v) is 8.02. The number of aromatic nitrogens is 2. The highest BCUT2D eigenvalue weighted by Gasteiger charge is 2.29. The number of amides is 1. The van der Waals surface area contributed by atoms with Crippen molar-refractivity contribution in [3.63, 3.8) is 0 Å². The minimum Gasteiger partial charge on any atom is -0.350 e. The highest BCUT2D eigenvalue weighted by atomic mass is 16.5. The summed E-state index contributed by atoms with van der Waals surface area (Å²) in [6.07, 6.45) is 3.43. The monoisotopic (exact) mass is 335 g/mol. The maximum atomic E-state index is 12.1. The molecule has 1 saturated heterocycles. The third kappa shape index (κ3) is 5.27. The van der Waals surface area contributed by atoms with E-state index in [9.17, 15) is 4.79 Å². The smallest absolute Gasteiger partial charge is 0.240 e. The lowest BCUT2D eigenvalue weighted by molar-refractivity contribution is -0.123. The van der Waals surface area contributed by atoms with Crippen LogP contribution in [-0.2, 0) is 11.3 Å². The number of nitrogens with zero attached hydrogens (tertiary/aromatic N) is 4. The van der Waals surface area contributed by atoms with Crippen LogP contribution in [-0.4, -0.2) is 64.1 Å². The summed E-state index contributed by atoms with van der Waals surface area (Å²) >= 11 is 0. The Bertz CT molecular complexity index is 562. The van der Waals surface area contributed by atoms with Crippen LogP contribution < -0.4 is 5.32 Å². The van der Waals surface area contributed by atoms with Gasteiger partial charge >= 0.3 is 0 Å². The van der Waals surface area contributed by atoms with E-state index in [2.05, 4.69) is 25.3 Å². The molecule has 7 heteroatoms. The molecule has 24 heavy (non-hydrogen) atoms. The second-order valence-electron chi connectivity index (χ2n) is 8.02.